The van der Waals surface area contributed by atoms with Gasteiger partial charge in [0.25, 0.3) is 0 Å². The maximum atomic E-state index is 7.11. The summed E-state index contributed by atoms with van der Waals surface area (Å²) in [4.78, 5) is 15.7. The lowest BCUT2D eigenvalue weighted by Gasteiger charge is -2.13. The van der Waals surface area contributed by atoms with Gasteiger partial charge >= 0.3 is 0 Å². The van der Waals surface area contributed by atoms with Crippen molar-refractivity contribution in [2.45, 2.75) is 0 Å². The molecule has 3 heterocycles. The minimum absolute atomic E-state index is 0.546. The van der Waals surface area contributed by atoms with Crippen LogP contribution in [-0.2, 0) is 0 Å². The molecule has 3 aromatic heterocycles. The van der Waals surface area contributed by atoms with Crippen LogP contribution in [0.25, 0.3) is 138 Å². The van der Waals surface area contributed by atoms with Crippen LogP contribution in [0.15, 0.2) is 223 Å². The second-order valence-corrected chi connectivity index (χ2v) is 17.1. The quantitative estimate of drug-likeness (QED) is 0.173. The Morgan fingerprint density at radius 2 is 0.879 bits per heavy atom. The van der Waals surface area contributed by atoms with Gasteiger partial charge in [-0.1, -0.05) is 182 Å². The van der Waals surface area contributed by atoms with Crippen molar-refractivity contribution in [1.82, 2.24) is 19.5 Å². The summed E-state index contributed by atoms with van der Waals surface area (Å²) in [5.41, 5.74) is 9.83. The van der Waals surface area contributed by atoms with Gasteiger partial charge in [-0.2, -0.15) is 0 Å². The molecule has 0 spiro atoms. The molecule has 0 aliphatic rings. The lowest BCUT2D eigenvalue weighted by Crippen LogP contribution is -2.00. The van der Waals surface area contributed by atoms with Crippen molar-refractivity contribution >= 4 is 86.8 Å². The Balaban J connectivity index is 0.981. The summed E-state index contributed by atoms with van der Waals surface area (Å²) in [6, 6.07) is 77.5. The van der Waals surface area contributed by atoms with Crippen molar-refractivity contribution in [1.29, 1.82) is 0 Å². The Labute approximate surface area is 378 Å². The molecule has 14 aromatic rings. The third kappa shape index (κ3) is 5.63. The van der Waals surface area contributed by atoms with Crippen molar-refractivity contribution in [3.63, 3.8) is 0 Å². The maximum Gasteiger partial charge on any atom is 0.167 e. The SMILES string of the molecule is c1ccc2cc(-c3nc(-c4ccc(-c5cccc6ccccc56)cc4)nc(-c4cccc5c4oc4cc(-n6c7ccccc7c7cc8ccccc8cc76)c6ccccc6c45)n3)ccc2c1. The van der Waals surface area contributed by atoms with Crippen molar-refractivity contribution in [3.8, 4) is 51.0 Å². The molecule has 0 saturated carbocycles. The fourth-order valence-corrected chi connectivity index (χ4v) is 10.3. The Kier molecular flexibility index (Phi) is 7.91. The first kappa shape index (κ1) is 36.5. The van der Waals surface area contributed by atoms with Gasteiger partial charge in [0.2, 0.25) is 0 Å². The third-order valence-corrected chi connectivity index (χ3v) is 13.4. The van der Waals surface area contributed by atoms with Gasteiger partial charge < -0.3 is 8.98 Å². The van der Waals surface area contributed by atoms with Crippen LogP contribution < -0.4 is 0 Å². The zero-order valence-corrected chi connectivity index (χ0v) is 35.5. The average molecular weight is 841 g/mol. The molecular formula is C61H36N4O. The Morgan fingerprint density at radius 3 is 1.70 bits per heavy atom. The second kappa shape index (κ2) is 14.3. The van der Waals surface area contributed by atoms with E-state index >= 15 is 0 Å². The number of furan rings is 1. The molecule has 306 valence electrons. The first-order valence-corrected chi connectivity index (χ1v) is 22.3. The van der Waals surface area contributed by atoms with Gasteiger partial charge in [0.1, 0.15) is 11.2 Å². The van der Waals surface area contributed by atoms with E-state index in [-0.39, 0.29) is 0 Å². The predicted octanol–water partition coefficient (Wildman–Crippen LogP) is 16.1. The summed E-state index contributed by atoms with van der Waals surface area (Å²) < 4.78 is 9.52. The van der Waals surface area contributed by atoms with Gasteiger partial charge in [0.05, 0.1) is 22.3 Å². The van der Waals surface area contributed by atoms with E-state index in [9.17, 15) is 0 Å². The van der Waals surface area contributed by atoms with Crippen LogP contribution in [0, 0.1) is 0 Å². The van der Waals surface area contributed by atoms with Crippen molar-refractivity contribution in [3.05, 3.63) is 218 Å². The zero-order valence-electron chi connectivity index (χ0n) is 35.5. The lowest BCUT2D eigenvalue weighted by molar-refractivity contribution is 0.669. The van der Waals surface area contributed by atoms with E-state index in [2.05, 4.69) is 223 Å². The highest BCUT2D eigenvalue weighted by Gasteiger charge is 2.22. The Hall–Kier alpha value is -8.93. The average Bonchev–Trinajstić information content (AvgIpc) is 3.92. The molecule has 11 aromatic carbocycles. The van der Waals surface area contributed by atoms with E-state index in [0.29, 0.717) is 17.5 Å². The van der Waals surface area contributed by atoms with E-state index in [1.54, 1.807) is 0 Å². The number of fused-ring (bicyclic) bond motifs is 11. The van der Waals surface area contributed by atoms with Gasteiger partial charge in [0.15, 0.2) is 17.5 Å². The number of hydrogen-bond donors (Lipinski definition) is 0. The van der Waals surface area contributed by atoms with Crippen molar-refractivity contribution < 1.29 is 4.42 Å². The van der Waals surface area contributed by atoms with Crippen LogP contribution in [-0.4, -0.2) is 19.5 Å². The number of nitrogens with zero attached hydrogens (tertiary/aromatic N) is 4. The van der Waals surface area contributed by atoms with Gasteiger partial charge in [-0.25, -0.2) is 15.0 Å². The number of benzene rings is 11. The smallest absolute Gasteiger partial charge is 0.167 e. The number of para-hydroxylation sites is 2. The molecule has 0 fully saturated rings. The summed E-state index contributed by atoms with van der Waals surface area (Å²) in [5.74, 6) is 1.73. The van der Waals surface area contributed by atoms with E-state index in [4.69, 9.17) is 19.4 Å². The van der Waals surface area contributed by atoms with Gasteiger partial charge in [0, 0.05) is 44.1 Å². The van der Waals surface area contributed by atoms with Crippen LogP contribution in [0.4, 0.5) is 0 Å². The van der Waals surface area contributed by atoms with Crippen LogP contribution in [0.2, 0.25) is 0 Å². The third-order valence-electron chi connectivity index (χ3n) is 13.4. The highest BCUT2D eigenvalue weighted by Crippen LogP contribution is 2.44. The predicted molar refractivity (Wildman–Crippen MR) is 273 cm³/mol. The molecule has 0 aliphatic carbocycles. The molecule has 5 heteroatoms. The van der Waals surface area contributed by atoms with Crippen LogP contribution >= 0.6 is 0 Å². The van der Waals surface area contributed by atoms with Crippen LogP contribution in [0.1, 0.15) is 0 Å². The van der Waals surface area contributed by atoms with Crippen LogP contribution in [0.3, 0.4) is 0 Å². The standard InChI is InChI=1S/C61H36N4O/c1-2-15-41-33-44(32-27-37(41)13-1)60-62-59(40-30-28-39(29-31-40)46-23-11-18-38-14-5-6-19-45(38)46)63-61(64-60)51-25-12-24-50-57-49-22-8-7-20-47(49)55(36-56(57)66-58(50)51)65-53-26-10-9-21-48(53)52-34-42-16-3-4-17-43(42)35-54(52)65/h1-36H. The second-order valence-electron chi connectivity index (χ2n) is 17.1. The molecule has 5 nitrogen and oxygen atoms in total. The molecule has 0 aliphatic heterocycles. The maximum absolute atomic E-state index is 7.11. The fraction of sp³-hybridized carbons (Fsp3) is 0. The lowest BCUT2D eigenvalue weighted by atomic mass is 9.97. The summed E-state index contributed by atoms with van der Waals surface area (Å²) in [6.07, 6.45) is 0. The fourth-order valence-electron chi connectivity index (χ4n) is 10.3. The molecule has 0 unspecified atom stereocenters. The highest BCUT2D eigenvalue weighted by atomic mass is 16.3. The van der Waals surface area contributed by atoms with Gasteiger partial charge in [-0.15, -0.1) is 0 Å². The molecule has 0 atom stereocenters. The Morgan fingerprint density at radius 1 is 0.318 bits per heavy atom. The normalized spacial score (nSPS) is 11.9. The largest absolute Gasteiger partial charge is 0.455 e. The Bertz CT molecular complexity index is 4290. The molecule has 0 saturated heterocycles. The topological polar surface area (TPSA) is 56.7 Å². The molecule has 14 rings (SSSR count). The first-order chi connectivity index (χ1) is 32.7. The van der Waals surface area contributed by atoms with E-state index < -0.39 is 0 Å². The number of aromatic nitrogens is 4. The van der Waals surface area contributed by atoms with E-state index in [1.165, 1.54) is 37.9 Å². The molecule has 0 amide bonds. The van der Waals surface area contributed by atoms with Crippen molar-refractivity contribution in [2.24, 2.45) is 0 Å². The highest BCUT2D eigenvalue weighted by molar-refractivity contribution is 6.23. The molecule has 0 radical (unpaired) electrons. The number of hydrogen-bond acceptors (Lipinski definition) is 4. The molecular weight excluding hydrogens is 805 g/mol. The minimum Gasteiger partial charge on any atom is -0.455 e. The van der Waals surface area contributed by atoms with E-state index in [0.717, 1.165) is 82.5 Å². The number of rotatable bonds is 5. The summed E-state index contributed by atoms with van der Waals surface area (Å²) >= 11 is 0. The van der Waals surface area contributed by atoms with Gasteiger partial charge in [-0.05, 0) is 79.2 Å². The molecule has 0 N–H and O–H groups in total. The summed E-state index contributed by atoms with van der Waals surface area (Å²) in [5, 5.41) is 13.9. The molecule has 0 bridgehead atoms. The van der Waals surface area contributed by atoms with Crippen molar-refractivity contribution in [2.75, 3.05) is 0 Å². The van der Waals surface area contributed by atoms with Gasteiger partial charge in [-0.3, -0.25) is 0 Å². The monoisotopic (exact) mass is 840 g/mol. The summed E-state index contributed by atoms with van der Waals surface area (Å²) in [6.45, 7) is 0. The summed E-state index contributed by atoms with van der Waals surface area (Å²) in [7, 11) is 0. The van der Waals surface area contributed by atoms with E-state index in [1.807, 2.05) is 0 Å². The van der Waals surface area contributed by atoms with Crippen LogP contribution in [0.5, 0.6) is 0 Å². The zero-order chi connectivity index (χ0) is 43.3. The molecule has 66 heavy (non-hydrogen) atoms. The first-order valence-electron chi connectivity index (χ1n) is 22.3. The minimum atomic E-state index is 0.546.